The third kappa shape index (κ3) is 3.37. The first-order valence-electron chi connectivity index (χ1n) is 11.8. The lowest BCUT2D eigenvalue weighted by Gasteiger charge is -2.30. The number of hydrogen-bond acceptors (Lipinski definition) is 7. The van der Waals surface area contributed by atoms with Crippen LogP contribution in [0.25, 0.3) is 38.8 Å². The molecule has 7 rings (SSSR count). The van der Waals surface area contributed by atoms with Crippen molar-refractivity contribution in [2.24, 2.45) is 7.05 Å². The van der Waals surface area contributed by atoms with Gasteiger partial charge in [0.2, 0.25) is 0 Å². The molecule has 0 aliphatic heterocycles. The van der Waals surface area contributed by atoms with Crippen molar-refractivity contribution in [2.45, 2.75) is 5.60 Å². The molecule has 9 nitrogen and oxygen atoms in total. The van der Waals surface area contributed by atoms with Gasteiger partial charge in [0.05, 0.1) is 34.9 Å². The van der Waals surface area contributed by atoms with E-state index in [0.29, 0.717) is 33.3 Å². The van der Waals surface area contributed by atoms with E-state index >= 15 is 0 Å². The predicted octanol–water partition coefficient (Wildman–Crippen LogP) is 4.56. The molecule has 0 aliphatic rings. The Balaban J connectivity index is 1.54. The monoisotopic (exact) mass is 518 g/mol. The standard InChI is InChI=1S/C28H19ClN8O/c1-36-16-30-15-25(36)28(38,19-7-9-23-17(12-19)5-3-11-31-23)20-8-10-24-22(14-20)26(18-4-2-6-21(29)13-18)32-27-33-34-35-37(24)27/h2-16,38H,1H3. The summed E-state index contributed by atoms with van der Waals surface area (Å²) >= 11 is 6.33. The summed E-state index contributed by atoms with van der Waals surface area (Å²) in [5, 5.41) is 26.9. The number of benzene rings is 3. The number of rotatable bonds is 4. The molecule has 0 radical (unpaired) electrons. The predicted molar refractivity (Wildman–Crippen MR) is 144 cm³/mol. The van der Waals surface area contributed by atoms with Crippen LogP contribution in [0.2, 0.25) is 5.02 Å². The van der Waals surface area contributed by atoms with E-state index in [1.807, 2.05) is 84.4 Å². The molecular weight excluding hydrogens is 500 g/mol. The van der Waals surface area contributed by atoms with Crippen molar-refractivity contribution in [3.8, 4) is 11.3 Å². The van der Waals surface area contributed by atoms with Gasteiger partial charge < -0.3 is 9.67 Å². The number of halogens is 1. The molecule has 38 heavy (non-hydrogen) atoms. The molecule has 0 saturated heterocycles. The van der Waals surface area contributed by atoms with E-state index in [-0.39, 0.29) is 0 Å². The highest BCUT2D eigenvalue weighted by Gasteiger charge is 2.37. The van der Waals surface area contributed by atoms with Gasteiger partial charge in [0.15, 0.2) is 5.60 Å². The number of nitrogens with zero attached hydrogens (tertiary/aromatic N) is 8. The van der Waals surface area contributed by atoms with Gasteiger partial charge in [0, 0.05) is 34.6 Å². The molecule has 1 unspecified atom stereocenters. The van der Waals surface area contributed by atoms with E-state index < -0.39 is 5.60 Å². The van der Waals surface area contributed by atoms with E-state index in [4.69, 9.17) is 16.6 Å². The normalized spacial score (nSPS) is 13.3. The molecule has 4 aromatic heterocycles. The van der Waals surface area contributed by atoms with Crippen LogP contribution in [0, 0.1) is 0 Å². The van der Waals surface area contributed by atoms with E-state index in [0.717, 1.165) is 27.4 Å². The first-order chi connectivity index (χ1) is 18.5. The quantitative estimate of drug-likeness (QED) is 0.364. The zero-order valence-corrected chi connectivity index (χ0v) is 20.8. The summed E-state index contributed by atoms with van der Waals surface area (Å²) in [6.45, 7) is 0. The van der Waals surface area contributed by atoms with Crippen LogP contribution in [-0.4, -0.2) is 44.7 Å². The van der Waals surface area contributed by atoms with Crippen molar-refractivity contribution in [3.05, 3.63) is 113 Å². The Labute approximate surface area is 221 Å². The van der Waals surface area contributed by atoms with E-state index in [9.17, 15) is 5.11 Å². The minimum atomic E-state index is -1.54. The van der Waals surface area contributed by atoms with Gasteiger partial charge >= 0.3 is 0 Å². The maximum Gasteiger partial charge on any atom is 0.274 e. The highest BCUT2D eigenvalue weighted by atomic mass is 35.5. The van der Waals surface area contributed by atoms with Crippen LogP contribution in [0.3, 0.4) is 0 Å². The van der Waals surface area contributed by atoms with Crippen LogP contribution in [0.15, 0.2) is 91.5 Å². The number of aryl methyl sites for hydroxylation is 1. The summed E-state index contributed by atoms with van der Waals surface area (Å²) in [6, 6.07) is 22.8. The molecule has 0 bridgehead atoms. The average Bonchev–Trinajstić information content (AvgIpc) is 3.61. The zero-order valence-electron chi connectivity index (χ0n) is 20.1. The average molecular weight is 519 g/mol. The van der Waals surface area contributed by atoms with Crippen molar-refractivity contribution in [3.63, 3.8) is 0 Å². The number of aliphatic hydroxyl groups is 1. The summed E-state index contributed by atoms with van der Waals surface area (Å²) in [5.74, 6) is 0.365. The molecule has 0 aliphatic carbocycles. The van der Waals surface area contributed by atoms with Crippen LogP contribution >= 0.6 is 11.6 Å². The minimum Gasteiger partial charge on any atom is -0.374 e. The second kappa shape index (κ2) is 8.41. The maximum atomic E-state index is 12.6. The Hall–Kier alpha value is -4.73. The second-order valence-corrected chi connectivity index (χ2v) is 9.54. The van der Waals surface area contributed by atoms with Crippen LogP contribution in [-0.2, 0) is 12.6 Å². The molecule has 0 saturated carbocycles. The third-order valence-corrected chi connectivity index (χ3v) is 7.10. The van der Waals surface area contributed by atoms with Crippen molar-refractivity contribution in [1.82, 2.24) is 39.6 Å². The van der Waals surface area contributed by atoms with Crippen LogP contribution in [0.4, 0.5) is 0 Å². The van der Waals surface area contributed by atoms with Crippen LogP contribution < -0.4 is 0 Å². The summed E-state index contributed by atoms with van der Waals surface area (Å²) in [5.41, 5.74) is 3.44. The number of aromatic nitrogens is 8. The molecule has 3 aromatic carbocycles. The lowest BCUT2D eigenvalue weighted by atomic mass is 9.82. The Bertz CT molecular complexity index is 2000. The molecule has 7 aromatic rings. The molecule has 1 N–H and O–H groups in total. The SMILES string of the molecule is Cn1cncc1C(O)(c1ccc2ncccc2c1)c1ccc2c(c1)c(-c1cccc(Cl)c1)nc1nnnn12. The number of tetrazole rings is 1. The van der Waals surface area contributed by atoms with Gasteiger partial charge in [-0.1, -0.05) is 47.0 Å². The van der Waals surface area contributed by atoms with Gasteiger partial charge in [-0.2, -0.15) is 4.52 Å². The molecular formula is C28H19ClN8O. The van der Waals surface area contributed by atoms with Crippen molar-refractivity contribution in [2.75, 3.05) is 0 Å². The first-order valence-corrected chi connectivity index (χ1v) is 12.2. The smallest absolute Gasteiger partial charge is 0.274 e. The third-order valence-electron chi connectivity index (χ3n) is 6.87. The van der Waals surface area contributed by atoms with Gasteiger partial charge in [-0.15, -0.1) is 0 Å². The van der Waals surface area contributed by atoms with Gasteiger partial charge in [-0.3, -0.25) is 4.98 Å². The van der Waals surface area contributed by atoms with Gasteiger partial charge in [-0.25, -0.2) is 9.97 Å². The van der Waals surface area contributed by atoms with E-state index in [1.165, 1.54) is 0 Å². The van der Waals surface area contributed by atoms with Crippen LogP contribution in [0.1, 0.15) is 16.8 Å². The number of fused-ring (bicyclic) bond motifs is 4. The highest BCUT2D eigenvalue weighted by molar-refractivity contribution is 6.30. The second-order valence-electron chi connectivity index (χ2n) is 9.10. The van der Waals surface area contributed by atoms with E-state index in [2.05, 4.69) is 25.5 Å². The lowest BCUT2D eigenvalue weighted by molar-refractivity contribution is 0.118. The lowest BCUT2D eigenvalue weighted by Crippen LogP contribution is -2.31. The highest BCUT2D eigenvalue weighted by Crippen LogP contribution is 2.40. The molecule has 10 heteroatoms. The Morgan fingerprint density at radius 1 is 0.947 bits per heavy atom. The number of imidazole rings is 1. The van der Waals surface area contributed by atoms with Crippen LogP contribution in [0.5, 0.6) is 0 Å². The number of pyridine rings is 1. The van der Waals surface area contributed by atoms with Crippen molar-refractivity contribution in [1.29, 1.82) is 0 Å². The summed E-state index contributed by atoms with van der Waals surface area (Å²) in [7, 11) is 1.86. The molecule has 0 spiro atoms. The Morgan fingerprint density at radius 3 is 2.66 bits per heavy atom. The minimum absolute atomic E-state index is 0.365. The van der Waals surface area contributed by atoms with E-state index in [1.54, 1.807) is 23.2 Å². The molecule has 0 amide bonds. The molecule has 0 fully saturated rings. The topological polar surface area (TPSA) is 107 Å². The molecule has 4 heterocycles. The first kappa shape index (κ1) is 22.5. The summed E-state index contributed by atoms with van der Waals surface area (Å²) < 4.78 is 3.40. The van der Waals surface area contributed by atoms with Crippen molar-refractivity contribution >= 4 is 39.2 Å². The zero-order chi connectivity index (χ0) is 25.9. The fourth-order valence-electron chi connectivity index (χ4n) is 5.03. The number of hydrogen-bond donors (Lipinski definition) is 1. The fraction of sp³-hybridized carbons (Fsp3) is 0.0714. The van der Waals surface area contributed by atoms with Gasteiger partial charge in [0.25, 0.3) is 5.78 Å². The Morgan fingerprint density at radius 2 is 1.82 bits per heavy atom. The summed E-state index contributed by atoms with van der Waals surface area (Å²) in [4.78, 5) is 13.5. The largest absolute Gasteiger partial charge is 0.374 e. The molecule has 1 atom stereocenters. The van der Waals surface area contributed by atoms with Gasteiger partial charge in [-0.05, 0) is 64.0 Å². The maximum absolute atomic E-state index is 12.6. The van der Waals surface area contributed by atoms with Crippen molar-refractivity contribution < 1.29 is 5.11 Å². The fourth-order valence-corrected chi connectivity index (χ4v) is 5.22. The summed E-state index contributed by atoms with van der Waals surface area (Å²) in [6.07, 6.45) is 5.11. The van der Waals surface area contributed by atoms with Gasteiger partial charge in [0.1, 0.15) is 0 Å². The molecule has 184 valence electrons. The Kier molecular flexibility index (Phi) is 4.97.